The lowest BCUT2D eigenvalue weighted by Crippen LogP contribution is -2.34. The van der Waals surface area contributed by atoms with Crippen molar-refractivity contribution in [2.75, 3.05) is 26.2 Å². The molecule has 26 heavy (non-hydrogen) atoms. The van der Waals surface area contributed by atoms with Crippen LogP contribution in [-0.4, -0.2) is 51.9 Å². The fraction of sp³-hybridized carbons (Fsp3) is 0.389. The Bertz CT molecular complexity index is 871. The van der Waals surface area contributed by atoms with Gasteiger partial charge in [-0.3, -0.25) is 9.69 Å². The zero-order chi connectivity index (χ0) is 17.9. The average molecular weight is 405 g/mol. The van der Waals surface area contributed by atoms with Crippen LogP contribution in [0.2, 0.25) is 0 Å². The van der Waals surface area contributed by atoms with Gasteiger partial charge in [0.15, 0.2) is 0 Å². The van der Waals surface area contributed by atoms with Crippen LogP contribution in [0.4, 0.5) is 0 Å². The van der Waals surface area contributed by atoms with Crippen LogP contribution < -0.4 is 0 Å². The summed E-state index contributed by atoms with van der Waals surface area (Å²) >= 11 is 4.84. The van der Waals surface area contributed by atoms with E-state index in [1.54, 1.807) is 28.9 Å². The molecule has 4 heterocycles. The second-order valence-electron chi connectivity index (χ2n) is 6.29. The third-order valence-corrected chi connectivity index (χ3v) is 7.22. The van der Waals surface area contributed by atoms with Crippen LogP contribution in [0.1, 0.15) is 26.8 Å². The Balaban J connectivity index is 1.38. The summed E-state index contributed by atoms with van der Waals surface area (Å²) in [5, 5.41) is 6.20. The number of rotatable bonds is 4. The van der Waals surface area contributed by atoms with Crippen LogP contribution in [0, 0.1) is 6.92 Å². The molecule has 3 aromatic heterocycles. The first-order valence-corrected chi connectivity index (χ1v) is 11.2. The molecule has 0 bridgehead atoms. The minimum absolute atomic E-state index is 0.108. The monoisotopic (exact) mass is 404 g/mol. The smallest absolute Gasteiger partial charge is 0.265 e. The van der Waals surface area contributed by atoms with Gasteiger partial charge in [-0.2, -0.15) is 0 Å². The maximum Gasteiger partial charge on any atom is 0.265 e. The van der Waals surface area contributed by atoms with Gasteiger partial charge in [-0.25, -0.2) is 9.97 Å². The molecule has 0 aromatic carbocycles. The molecule has 0 unspecified atom stereocenters. The van der Waals surface area contributed by atoms with Crippen LogP contribution in [0.25, 0.3) is 9.88 Å². The van der Waals surface area contributed by atoms with Crippen molar-refractivity contribution in [1.29, 1.82) is 0 Å². The third-order valence-electron chi connectivity index (χ3n) is 4.38. The lowest BCUT2D eigenvalue weighted by atomic mass is 10.3. The number of nitrogens with zero attached hydrogens (tertiary/aromatic N) is 4. The Labute approximate surface area is 165 Å². The number of hydrogen-bond acceptors (Lipinski definition) is 7. The first-order valence-electron chi connectivity index (χ1n) is 8.61. The zero-order valence-corrected chi connectivity index (χ0v) is 17.0. The summed E-state index contributed by atoms with van der Waals surface area (Å²) in [5.41, 5.74) is 1.13. The summed E-state index contributed by atoms with van der Waals surface area (Å²) in [4.78, 5) is 28.1. The van der Waals surface area contributed by atoms with E-state index in [1.807, 2.05) is 29.3 Å². The molecule has 0 spiro atoms. The van der Waals surface area contributed by atoms with Gasteiger partial charge in [-0.15, -0.1) is 34.0 Å². The molecule has 0 aliphatic carbocycles. The number of aromatic nitrogens is 2. The van der Waals surface area contributed by atoms with Gasteiger partial charge in [-0.05, 0) is 24.8 Å². The van der Waals surface area contributed by atoms with E-state index in [4.69, 9.17) is 0 Å². The van der Waals surface area contributed by atoms with E-state index in [-0.39, 0.29) is 5.91 Å². The minimum atomic E-state index is 0.108. The molecule has 0 N–H and O–H groups in total. The first kappa shape index (κ1) is 17.8. The normalized spacial score (nSPS) is 16.0. The van der Waals surface area contributed by atoms with Crippen molar-refractivity contribution in [1.82, 2.24) is 19.8 Å². The van der Waals surface area contributed by atoms with E-state index < -0.39 is 0 Å². The summed E-state index contributed by atoms with van der Waals surface area (Å²) < 4.78 is 0. The molecule has 1 aliphatic heterocycles. The predicted molar refractivity (Wildman–Crippen MR) is 108 cm³/mol. The number of thiazole rings is 2. The van der Waals surface area contributed by atoms with Crippen molar-refractivity contribution in [3.63, 3.8) is 0 Å². The fourth-order valence-corrected chi connectivity index (χ4v) is 5.38. The van der Waals surface area contributed by atoms with Crippen LogP contribution >= 0.6 is 34.0 Å². The van der Waals surface area contributed by atoms with Crippen molar-refractivity contribution >= 4 is 39.9 Å². The van der Waals surface area contributed by atoms with Gasteiger partial charge in [0.2, 0.25) is 0 Å². The summed E-state index contributed by atoms with van der Waals surface area (Å²) in [5.74, 6) is 0.108. The topological polar surface area (TPSA) is 49.3 Å². The second kappa shape index (κ2) is 7.96. The van der Waals surface area contributed by atoms with Crippen LogP contribution in [0.15, 0.2) is 29.1 Å². The van der Waals surface area contributed by atoms with Gasteiger partial charge >= 0.3 is 0 Å². The summed E-state index contributed by atoms with van der Waals surface area (Å²) in [6, 6.07) is 4.05. The van der Waals surface area contributed by atoms with Crippen molar-refractivity contribution in [3.05, 3.63) is 44.7 Å². The summed E-state index contributed by atoms with van der Waals surface area (Å²) in [6.45, 7) is 6.36. The molecule has 8 heteroatoms. The van der Waals surface area contributed by atoms with Crippen molar-refractivity contribution in [2.24, 2.45) is 0 Å². The van der Waals surface area contributed by atoms with E-state index in [1.165, 1.54) is 11.3 Å². The zero-order valence-electron chi connectivity index (χ0n) is 14.6. The Morgan fingerprint density at radius 1 is 1.23 bits per heavy atom. The molecule has 1 fully saturated rings. The lowest BCUT2D eigenvalue weighted by molar-refractivity contribution is 0.0765. The number of carbonyl (C=O) groups is 1. The van der Waals surface area contributed by atoms with Gasteiger partial charge in [0.25, 0.3) is 5.91 Å². The van der Waals surface area contributed by atoms with Crippen molar-refractivity contribution < 1.29 is 4.79 Å². The highest BCUT2D eigenvalue weighted by Crippen LogP contribution is 2.29. The Morgan fingerprint density at radius 2 is 2.15 bits per heavy atom. The molecule has 0 radical (unpaired) electrons. The molecule has 1 aliphatic rings. The molecule has 0 atom stereocenters. The average Bonchev–Trinajstić information content (AvgIpc) is 3.35. The van der Waals surface area contributed by atoms with E-state index in [0.717, 1.165) is 64.6 Å². The van der Waals surface area contributed by atoms with E-state index >= 15 is 0 Å². The molecule has 4 rings (SSSR count). The molecule has 1 saturated heterocycles. The fourth-order valence-electron chi connectivity index (χ4n) is 3.09. The number of hydrogen-bond donors (Lipinski definition) is 0. The van der Waals surface area contributed by atoms with Gasteiger partial charge in [0.1, 0.15) is 9.88 Å². The van der Waals surface area contributed by atoms with Gasteiger partial charge < -0.3 is 4.90 Å². The number of thiophene rings is 1. The summed E-state index contributed by atoms with van der Waals surface area (Å²) in [6.07, 6.45) is 2.72. The Morgan fingerprint density at radius 3 is 2.92 bits per heavy atom. The van der Waals surface area contributed by atoms with E-state index in [9.17, 15) is 4.79 Å². The Kier molecular flexibility index (Phi) is 5.44. The number of carbonyl (C=O) groups excluding carboxylic acids is 1. The number of aryl methyl sites for hydroxylation is 1. The maximum atomic E-state index is 12.9. The largest absolute Gasteiger partial charge is 0.337 e. The van der Waals surface area contributed by atoms with Crippen LogP contribution in [-0.2, 0) is 6.54 Å². The third kappa shape index (κ3) is 4.03. The van der Waals surface area contributed by atoms with Crippen molar-refractivity contribution in [2.45, 2.75) is 19.9 Å². The quantitative estimate of drug-likeness (QED) is 0.660. The van der Waals surface area contributed by atoms with E-state index in [2.05, 4.69) is 20.2 Å². The number of amides is 1. The molecular formula is C18H20N4OS3. The molecule has 0 saturated carbocycles. The van der Waals surface area contributed by atoms with Gasteiger partial charge in [-0.1, -0.05) is 6.07 Å². The second-order valence-corrected chi connectivity index (χ2v) is 9.33. The first-order chi connectivity index (χ1) is 12.7. The van der Waals surface area contributed by atoms with Crippen LogP contribution in [0.3, 0.4) is 0 Å². The Hall–Kier alpha value is -1.61. The lowest BCUT2D eigenvalue weighted by Gasteiger charge is -2.20. The minimum Gasteiger partial charge on any atom is -0.337 e. The molecule has 1 amide bonds. The highest BCUT2D eigenvalue weighted by atomic mass is 32.1. The maximum absolute atomic E-state index is 12.9. The summed E-state index contributed by atoms with van der Waals surface area (Å²) in [7, 11) is 0. The van der Waals surface area contributed by atoms with E-state index in [0.29, 0.717) is 0 Å². The van der Waals surface area contributed by atoms with Gasteiger partial charge in [0, 0.05) is 38.1 Å². The molecule has 3 aromatic rings. The highest BCUT2D eigenvalue weighted by molar-refractivity contribution is 7.22. The molecule has 5 nitrogen and oxygen atoms in total. The van der Waals surface area contributed by atoms with Crippen molar-refractivity contribution in [3.8, 4) is 9.88 Å². The molecule has 136 valence electrons. The molecular weight excluding hydrogens is 384 g/mol. The SMILES string of the molecule is Cc1nc(CN2CCCN(C(=O)c3cnc(-c4cccs4)s3)CC2)cs1. The highest BCUT2D eigenvalue weighted by Gasteiger charge is 2.22. The predicted octanol–water partition coefficient (Wildman–Crippen LogP) is 3.98. The van der Waals surface area contributed by atoms with Crippen LogP contribution in [0.5, 0.6) is 0 Å². The standard InChI is InChI=1S/C18H20N4OS3/c1-13-20-14(12-25-13)11-21-5-3-6-22(8-7-21)18(23)16-10-19-17(26-16)15-4-2-9-24-15/h2,4,9-10,12H,3,5-8,11H2,1H3. The van der Waals surface area contributed by atoms with Gasteiger partial charge in [0.05, 0.1) is 21.8 Å².